The number of carbonyl (C=O) groups excluding carboxylic acids is 2. The fourth-order valence-corrected chi connectivity index (χ4v) is 4.58. The first-order chi connectivity index (χ1) is 16.2. The number of hydrogen-bond acceptors (Lipinski definition) is 3. The Morgan fingerprint density at radius 1 is 1.11 bits per heavy atom. The van der Waals surface area contributed by atoms with Crippen molar-refractivity contribution in [1.82, 2.24) is 4.90 Å². The van der Waals surface area contributed by atoms with Crippen molar-refractivity contribution in [2.45, 2.75) is 51.9 Å². The molecule has 190 valence electrons. The highest BCUT2D eigenvalue weighted by Crippen LogP contribution is 2.50. The topological polar surface area (TPSA) is 40.6 Å². The van der Waals surface area contributed by atoms with Gasteiger partial charge in [0.25, 0.3) is 0 Å². The van der Waals surface area contributed by atoms with Crippen LogP contribution in [0.15, 0.2) is 42.5 Å². The number of benzene rings is 2. The van der Waals surface area contributed by atoms with Crippen LogP contribution in [-0.4, -0.2) is 36.2 Å². The molecule has 0 heterocycles. The number of amides is 1. The second-order valence-corrected chi connectivity index (χ2v) is 10.8. The molecule has 1 saturated carbocycles. The van der Waals surface area contributed by atoms with Gasteiger partial charge >= 0.3 is 6.18 Å². The lowest BCUT2D eigenvalue weighted by Gasteiger charge is -2.55. The molecular formula is C26H29ClF4N2O2. The second kappa shape index (κ2) is 9.80. The van der Waals surface area contributed by atoms with Crippen LogP contribution in [0.2, 0.25) is 5.02 Å². The molecule has 1 aliphatic rings. The molecule has 0 aliphatic heterocycles. The molecule has 0 saturated heterocycles. The van der Waals surface area contributed by atoms with Gasteiger partial charge in [-0.2, -0.15) is 13.2 Å². The van der Waals surface area contributed by atoms with Crippen molar-refractivity contribution in [3.63, 3.8) is 0 Å². The first kappa shape index (κ1) is 27.0. The molecule has 0 aromatic heterocycles. The van der Waals surface area contributed by atoms with Gasteiger partial charge < -0.3 is 14.6 Å². The fraction of sp³-hybridized carbons (Fsp3) is 0.462. The number of hydrogen-bond donors (Lipinski definition) is 0. The van der Waals surface area contributed by atoms with Crippen molar-refractivity contribution in [2.24, 2.45) is 11.3 Å². The van der Waals surface area contributed by atoms with Gasteiger partial charge in [-0.25, -0.2) is 4.39 Å². The molecule has 3 rings (SSSR count). The van der Waals surface area contributed by atoms with Gasteiger partial charge in [0.05, 0.1) is 23.3 Å². The lowest BCUT2D eigenvalue weighted by molar-refractivity contribution is -0.154. The van der Waals surface area contributed by atoms with E-state index in [1.165, 1.54) is 34.1 Å². The molecule has 4 nitrogen and oxygen atoms in total. The molecule has 9 heteroatoms. The highest BCUT2D eigenvalue weighted by atomic mass is 35.5. The highest BCUT2D eigenvalue weighted by molar-refractivity contribution is 6.30. The van der Waals surface area contributed by atoms with Gasteiger partial charge in [0.1, 0.15) is 12.1 Å². The van der Waals surface area contributed by atoms with Crippen LogP contribution in [0.25, 0.3) is 0 Å². The lowest BCUT2D eigenvalue weighted by atomic mass is 9.58. The van der Waals surface area contributed by atoms with Crippen LogP contribution < -0.4 is 4.90 Å². The summed E-state index contributed by atoms with van der Waals surface area (Å²) in [5.41, 5.74) is -1.31. The van der Waals surface area contributed by atoms with Crippen LogP contribution in [0, 0.1) is 17.2 Å². The summed E-state index contributed by atoms with van der Waals surface area (Å²) >= 11 is 5.82. The van der Waals surface area contributed by atoms with Crippen molar-refractivity contribution in [2.75, 3.05) is 18.5 Å². The van der Waals surface area contributed by atoms with Crippen LogP contribution in [0.3, 0.4) is 0 Å². The molecule has 1 fully saturated rings. The Kier molecular flexibility index (Phi) is 7.56. The molecule has 0 unspecified atom stereocenters. The minimum Gasteiger partial charge on any atom is -0.363 e. The van der Waals surface area contributed by atoms with E-state index in [0.717, 1.165) is 24.5 Å². The summed E-state index contributed by atoms with van der Waals surface area (Å²) in [6.45, 7) is 5.92. The van der Waals surface area contributed by atoms with Crippen molar-refractivity contribution < 1.29 is 27.2 Å². The van der Waals surface area contributed by atoms with E-state index in [2.05, 4.69) is 20.8 Å². The molecule has 0 atom stereocenters. The Labute approximate surface area is 207 Å². The SMILES string of the molecule is CN(CC(=O)N(Cc1ccc(C(F)(F)F)cc1)C1(C=O)CC(C(C)(C)C)C1)c1ccc(Cl)cc1F. The molecule has 1 amide bonds. The Morgan fingerprint density at radius 2 is 1.71 bits per heavy atom. The van der Waals surface area contributed by atoms with E-state index >= 15 is 0 Å². The van der Waals surface area contributed by atoms with E-state index in [9.17, 15) is 27.2 Å². The Bertz CT molecular complexity index is 1070. The van der Waals surface area contributed by atoms with Crippen LogP contribution in [-0.2, 0) is 22.3 Å². The molecule has 2 aromatic rings. The number of nitrogens with zero attached hydrogens (tertiary/aromatic N) is 2. The largest absolute Gasteiger partial charge is 0.416 e. The van der Waals surface area contributed by atoms with Gasteiger partial charge in [0, 0.05) is 18.6 Å². The van der Waals surface area contributed by atoms with E-state index in [1.807, 2.05) is 0 Å². The van der Waals surface area contributed by atoms with Crippen molar-refractivity contribution in [3.05, 3.63) is 64.4 Å². The number of rotatable bonds is 7. The van der Waals surface area contributed by atoms with E-state index in [1.54, 1.807) is 7.05 Å². The van der Waals surface area contributed by atoms with Crippen LogP contribution in [0.5, 0.6) is 0 Å². The van der Waals surface area contributed by atoms with Crippen molar-refractivity contribution >= 4 is 29.5 Å². The number of anilines is 1. The van der Waals surface area contributed by atoms with Crippen LogP contribution >= 0.6 is 11.6 Å². The van der Waals surface area contributed by atoms with E-state index < -0.39 is 29.0 Å². The van der Waals surface area contributed by atoms with Crippen molar-refractivity contribution in [1.29, 1.82) is 0 Å². The molecule has 35 heavy (non-hydrogen) atoms. The first-order valence-corrected chi connectivity index (χ1v) is 11.6. The number of carbonyl (C=O) groups is 2. The molecule has 2 aromatic carbocycles. The minimum absolute atomic E-state index is 0.0382. The Morgan fingerprint density at radius 3 is 2.20 bits per heavy atom. The van der Waals surface area contributed by atoms with Gasteiger partial charge in [-0.1, -0.05) is 44.5 Å². The number of aldehydes is 1. The van der Waals surface area contributed by atoms with Gasteiger partial charge in [-0.05, 0) is 60.1 Å². The Hall–Kier alpha value is -2.61. The summed E-state index contributed by atoms with van der Waals surface area (Å²) in [7, 11) is 1.55. The second-order valence-electron chi connectivity index (χ2n) is 10.3. The zero-order valence-corrected chi connectivity index (χ0v) is 20.9. The van der Waals surface area contributed by atoms with E-state index in [0.29, 0.717) is 18.4 Å². The maximum atomic E-state index is 14.4. The summed E-state index contributed by atoms with van der Waals surface area (Å²) in [5, 5.41) is 0.220. The molecule has 0 bridgehead atoms. The number of likely N-dealkylation sites (N-methyl/N-ethyl adjacent to an activating group) is 1. The molecule has 0 radical (unpaired) electrons. The number of alkyl halides is 3. The van der Waals surface area contributed by atoms with Gasteiger partial charge in [-0.3, -0.25) is 4.79 Å². The summed E-state index contributed by atoms with van der Waals surface area (Å²) in [4.78, 5) is 28.7. The van der Waals surface area contributed by atoms with Crippen LogP contribution in [0.1, 0.15) is 44.7 Å². The molecule has 1 aliphatic carbocycles. The van der Waals surface area contributed by atoms with Gasteiger partial charge in [0.15, 0.2) is 0 Å². The smallest absolute Gasteiger partial charge is 0.363 e. The summed E-state index contributed by atoms with van der Waals surface area (Å²) in [6.07, 6.45) is -2.81. The third-order valence-electron chi connectivity index (χ3n) is 6.80. The first-order valence-electron chi connectivity index (χ1n) is 11.3. The Balaban J connectivity index is 1.88. The van der Waals surface area contributed by atoms with Gasteiger partial charge in [0.2, 0.25) is 5.91 Å². The predicted molar refractivity (Wildman–Crippen MR) is 128 cm³/mol. The standard InChI is InChI=1S/C26H29ClF4N2O2/c1-24(2,3)19-12-25(13-19,16-34)33(14-17-5-7-18(8-6-17)26(29,30)31)23(35)15-32(4)22-10-9-20(27)11-21(22)28/h5-11,16,19H,12-15H2,1-4H3. The maximum absolute atomic E-state index is 14.4. The van der Waals surface area contributed by atoms with E-state index in [4.69, 9.17) is 11.6 Å². The average Bonchev–Trinajstić information content (AvgIpc) is 2.71. The minimum atomic E-state index is -4.47. The summed E-state index contributed by atoms with van der Waals surface area (Å²) in [5.74, 6) is -0.827. The predicted octanol–water partition coefficient (Wildman–Crippen LogP) is 6.36. The maximum Gasteiger partial charge on any atom is 0.416 e. The average molecular weight is 513 g/mol. The van der Waals surface area contributed by atoms with Crippen molar-refractivity contribution in [3.8, 4) is 0 Å². The monoisotopic (exact) mass is 512 g/mol. The highest BCUT2D eigenvalue weighted by Gasteiger charge is 2.53. The third kappa shape index (κ3) is 5.97. The quantitative estimate of drug-likeness (QED) is 0.320. The summed E-state index contributed by atoms with van der Waals surface area (Å²) in [6, 6.07) is 8.64. The molecule has 0 N–H and O–H groups in total. The van der Waals surface area contributed by atoms with E-state index in [-0.39, 0.29) is 35.1 Å². The normalized spacial score (nSPS) is 20.2. The van der Waals surface area contributed by atoms with Crippen LogP contribution in [0.4, 0.5) is 23.2 Å². The zero-order chi connectivity index (χ0) is 26.2. The lowest BCUT2D eigenvalue weighted by Crippen LogP contribution is -2.63. The molecule has 0 spiro atoms. The molecular weight excluding hydrogens is 484 g/mol. The summed E-state index contributed by atoms with van der Waals surface area (Å²) < 4.78 is 53.3. The fourth-order valence-electron chi connectivity index (χ4n) is 4.43. The zero-order valence-electron chi connectivity index (χ0n) is 20.1. The number of halogens is 5. The van der Waals surface area contributed by atoms with Gasteiger partial charge in [-0.15, -0.1) is 0 Å². The third-order valence-corrected chi connectivity index (χ3v) is 7.03.